The van der Waals surface area contributed by atoms with Gasteiger partial charge in [-0.2, -0.15) is 5.10 Å². The molecule has 158 valence electrons. The van der Waals surface area contributed by atoms with Crippen LogP contribution in [0.3, 0.4) is 0 Å². The molecule has 1 atom stereocenters. The summed E-state index contributed by atoms with van der Waals surface area (Å²) in [7, 11) is 0. The molecule has 0 saturated carbocycles. The second-order valence-electron chi connectivity index (χ2n) is 7.34. The van der Waals surface area contributed by atoms with E-state index in [1.807, 2.05) is 42.5 Å². The second-order valence-corrected chi connectivity index (χ2v) is 7.34. The van der Waals surface area contributed by atoms with Crippen molar-refractivity contribution in [2.75, 3.05) is 6.54 Å². The van der Waals surface area contributed by atoms with Gasteiger partial charge in [-0.25, -0.2) is 4.68 Å². The van der Waals surface area contributed by atoms with E-state index < -0.39 is 0 Å². The molecular formula is C23H27ClN4O2. The van der Waals surface area contributed by atoms with Crippen LogP contribution in [0.15, 0.2) is 71.5 Å². The molecule has 1 unspecified atom stereocenters. The van der Waals surface area contributed by atoms with Crippen LogP contribution in [0.4, 0.5) is 0 Å². The van der Waals surface area contributed by atoms with Crippen molar-refractivity contribution in [2.45, 2.75) is 32.4 Å². The Bertz CT molecular complexity index is 1020. The first-order valence-electron chi connectivity index (χ1n) is 9.70. The molecule has 0 aliphatic rings. The molecule has 0 saturated heterocycles. The fourth-order valence-electron chi connectivity index (χ4n) is 2.98. The van der Waals surface area contributed by atoms with Gasteiger partial charge >= 0.3 is 0 Å². The lowest BCUT2D eigenvalue weighted by Crippen LogP contribution is -2.34. The first-order chi connectivity index (χ1) is 13.9. The number of nitrogens with two attached hydrogens (primary N) is 1. The number of amides is 1. The normalized spacial score (nSPS) is 11.6. The summed E-state index contributed by atoms with van der Waals surface area (Å²) in [6.07, 6.45) is 0. The van der Waals surface area contributed by atoms with Crippen LogP contribution < -0.4 is 16.6 Å². The SMILES string of the molecule is CC(C)c1ccc(C(N)CNC(=O)c2ccc(=O)n(Cc3ccccc3)n2)cc1.Cl. The molecule has 0 radical (unpaired) electrons. The average molecular weight is 427 g/mol. The molecule has 7 heteroatoms. The number of benzene rings is 2. The Morgan fingerprint density at radius 1 is 1.00 bits per heavy atom. The maximum absolute atomic E-state index is 12.5. The predicted octanol–water partition coefficient (Wildman–Crippen LogP) is 3.27. The Balaban J connectivity index is 0.00000320. The summed E-state index contributed by atoms with van der Waals surface area (Å²) in [5, 5.41) is 7.00. The van der Waals surface area contributed by atoms with Crippen LogP contribution >= 0.6 is 12.4 Å². The maximum Gasteiger partial charge on any atom is 0.271 e. The van der Waals surface area contributed by atoms with Crippen LogP contribution in [0.2, 0.25) is 0 Å². The van der Waals surface area contributed by atoms with Crippen LogP contribution in [0.5, 0.6) is 0 Å². The Hall–Kier alpha value is -2.96. The number of hydrogen-bond acceptors (Lipinski definition) is 4. The van der Waals surface area contributed by atoms with E-state index >= 15 is 0 Å². The molecule has 0 fully saturated rings. The van der Waals surface area contributed by atoms with Crippen molar-refractivity contribution in [1.29, 1.82) is 0 Å². The summed E-state index contributed by atoms with van der Waals surface area (Å²) in [5.41, 5.74) is 9.28. The molecule has 1 amide bonds. The van der Waals surface area contributed by atoms with Gasteiger partial charge in [0.1, 0.15) is 5.69 Å². The highest BCUT2D eigenvalue weighted by Gasteiger charge is 2.13. The first-order valence-corrected chi connectivity index (χ1v) is 9.70. The number of nitrogens with one attached hydrogen (secondary N) is 1. The van der Waals surface area contributed by atoms with E-state index in [0.29, 0.717) is 12.5 Å². The van der Waals surface area contributed by atoms with Crippen molar-refractivity contribution in [1.82, 2.24) is 15.1 Å². The monoisotopic (exact) mass is 426 g/mol. The highest BCUT2D eigenvalue weighted by Crippen LogP contribution is 2.17. The number of rotatable bonds is 7. The Morgan fingerprint density at radius 2 is 1.63 bits per heavy atom. The molecule has 6 nitrogen and oxygen atoms in total. The molecule has 0 spiro atoms. The van der Waals surface area contributed by atoms with Gasteiger partial charge in [-0.15, -0.1) is 12.4 Å². The molecule has 1 aromatic heterocycles. The van der Waals surface area contributed by atoms with E-state index in [1.54, 1.807) is 0 Å². The summed E-state index contributed by atoms with van der Waals surface area (Å²) in [6.45, 7) is 4.86. The Kier molecular flexibility index (Phi) is 8.33. The standard InChI is InChI=1S/C23H26N4O2.ClH/c1-16(2)18-8-10-19(11-9-18)20(24)14-25-23(29)21-12-13-22(28)27(26-21)15-17-6-4-3-5-7-17;/h3-13,16,20H,14-15,24H2,1-2H3,(H,25,29);1H. The Labute approximate surface area is 182 Å². The summed E-state index contributed by atoms with van der Waals surface area (Å²) < 4.78 is 1.29. The third kappa shape index (κ3) is 6.02. The fraction of sp³-hybridized carbons (Fsp3) is 0.261. The van der Waals surface area contributed by atoms with Crippen molar-refractivity contribution < 1.29 is 4.79 Å². The number of aromatic nitrogens is 2. The second kappa shape index (κ2) is 10.7. The van der Waals surface area contributed by atoms with Gasteiger partial charge in [0.25, 0.3) is 11.5 Å². The Morgan fingerprint density at radius 3 is 2.27 bits per heavy atom. The van der Waals surface area contributed by atoms with Crippen molar-refractivity contribution in [2.24, 2.45) is 5.73 Å². The van der Waals surface area contributed by atoms with Crippen LogP contribution in [0.1, 0.15) is 53.0 Å². The van der Waals surface area contributed by atoms with E-state index in [4.69, 9.17) is 5.73 Å². The lowest BCUT2D eigenvalue weighted by atomic mass is 9.99. The van der Waals surface area contributed by atoms with E-state index in [9.17, 15) is 9.59 Å². The number of carbonyl (C=O) groups is 1. The smallest absolute Gasteiger partial charge is 0.271 e. The molecule has 30 heavy (non-hydrogen) atoms. The third-order valence-electron chi connectivity index (χ3n) is 4.79. The van der Waals surface area contributed by atoms with E-state index in [0.717, 1.165) is 11.1 Å². The van der Waals surface area contributed by atoms with Gasteiger partial charge in [-0.3, -0.25) is 9.59 Å². The largest absolute Gasteiger partial charge is 0.349 e. The van der Waals surface area contributed by atoms with Crippen LogP contribution in [0, 0.1) is 0 Å². The number of nitrogens with zero attached hydrogens (tertiary/aromatic N) is 2. The third-order valence-corrected chi connectivity index (χ3v) is 4.79. The minimum absolute atomic E-state index is 0. The topological polar surface area (TPSA) is 90.0 Å². The highest BCUT2D eigenvalue weighted by molar-refractivity contribution is 5.92. The summed E-state index contributed by atoms with van der Waals surface area (Å²) in [4.78, 5) is 24.6. The van der Waals surface area contributed by atoms with Gasteiger partial charge in [0.15, 0.2) is 0 Å². The molecule has 3 rings (SSSR count). The highest BCUT2D eigenvalue weighted by atomic mass is 35.5. The fourth-order valence-corrected chi connectivity index (χ4v) is 2.98. The number of hydrogen-bond donors (Lipinski definition) is 2. The minimum Gasteiger partial charge on any atom is -0.349 e. The van der Waals surface area contributed by atoms with Gasteiger partial charge in [-0.1, -0.05) is 68.4 Å². The van der Waals surface area contributed by atoms with Crippen LogP contribution in [-0.2, 0) is 6.54 Å². The predicted molar refractivity (Wildman–Crippen MR) is 121 cm³/mol. The van der Waals surface area contributed by atoms with Crippen molar-refractivity contribution >= 4 is 18.3 Å². The molecule has 0 aliphatic carbocycles. The summed E-state index contributed by atoms with van der Waals surface area (Å²) >= 11 is 0. The minimum atomic E-state index is -0.360. The lowest BCUT2D eigenvalue weighted by molar-refractivity contribution is 0.0943. The number of halogens is 1. The average Bonchev–Trinajstić information content (AvgIpc) is 2.74. The summed E-state index contributed by atoms with van der Waals surface area (Å²) in [6, 6.07) is 20.1. The van der Waals surface area contributed by atoms with Crippen LogP contribution in [-0.4, -0.2) is 22.2 Å². The van der Waals surface area contributed by atoms with Crippen molar-refractivity contribution in [3.63, 3.8) is 0 Å². The molecule has 1 heterocycles. The number of carbonyl (C=O) groups excluding carboxylic acids is 1. The van der Waals surface area contributed by atoms with Gasteiger partial charge < -0.3 is 11.1 Å². The van der Waals surface area contributed by atoms with Gasteiger partial charge in [0.05, 0.1) is 6.54 Å². The zero-order valence-electron chi connectivity index (χ0n) is 17.1. The van der Waals surface area contributed by atoms with E-state index in [2.05, 4.69) is 36.4 Å². The van der Waals surface area contributed by atoms with Crippen molar-refractivity contribution in [3.05, 3.63) is 99.5 Å². The summed E-state index contributed by atoms with van der Waals surface area (Å²) in [5.74, 6) is 0.0960. The van der Waals surface area contributed by atoms with Gasteiger partial charge in [-0.05, 0) is 28.7 Å². The molecule has 2 aromatic carbocycles. The molecule has 3 N–H and O–H groups in total. The quantitative estimate of drug-likeness (QED) is 0.606. The molecular weight excluding hydrogens is 400 g/mol. The molecule has 0 bridgehead atoms. The van der Waals surface area contributed by atoms with Gasteiger partial charge in [0, 0.05) is 18.7 Å². The van der Waals surface area contributed by atoms with Crippen molar-refractivity contribution in [3.8, 4) is 0 Å². The molecule has 0 aliphatic heterocycles. The first kappa shape index (κ1) is 23.3. The zero-order valence-corrected chi connectivity index (χ0v) is 17.9. The van der Waals surface area contributed by atoms with Crippen LogP contribution in [0.25, 0.3) is 0 Å². The van der Waals surface area contributed by atoms with Gasteiger partial charge in [0.2, 0.25) is 0 Å². The van der Waals surface area contributed by atoms with E-state index in [-0.39, 0.29) is 42.2 Å². The van der Waals surface area contributed by atoms with E-state index in [1.165, 1.54) is 22.4 Å². The lowest BCUT2D eigenvalue weighted by Gasteiger charge is -2.15. The molecule has 3 aromatic rings. The maximum atomic E-state index is 12.5. The zero-order chi connectivity index (χ0) is 20.8.